The van der Waals surface area contributed by atoms with Crippen molar-refractivity contribution < 1.29 is 0 Å². The Hall–Kier alpha value is -0.510. The van der Waals surface area contributed by atoms with Gasteiger partial charge in [0, 0.05) is 7.05 Å². The Kier molecular flexibility index (Phi) is 2.23. The van der Waals surface area contributed by atoms with Crippen molar-refractivity contribution in [2.45, 2.75) is 19.8 Å². The van der Waals surface area contributed by atoms with E-state index in [4.69, 9.17) is 0 Å². The molecule has 0 radical (unpaired) electrons. The molecule has 0 aliphatic rings. The van der Waals surface area contributed by atoms with Crippen molar-refractivity contribution in [1.29, 1.82) is 0 Å². The second kappa shape index (κ2) is 2.85. The molecular formula is C7H11BrN2O. The molecule has 1 aromatic heterocycles. The second-order valence-corrected chi connectivity index (χ2v) is 3.65. The van der Waals surface area contributed by atoms with E-state index in [1.807, 2.05) is 13.8 Å². The lowest BCUT2D eigenvalue weighted by Crippen LogP contribution is -2.11. The zero-order chi connectivity index (χ0) is 8.59. The van der Waals surface area contributed by atoms with Crippen LogP contribution in [0.25, 0.3) is 0 Å². The van der Waals surface area contributed by atoms with Crippen molar-refractivity contribution in [2.24, 2.45) is 7.05 Å². The summed E-state index contributed by atoms with van der Waals surface area (Å²) in [5.41, 5.74) is 0.950. The summed E-state index contributed by atoms with van der Waals surface area (Å²) in [6, 6.07) is 0. The third kappa shape index (κ3) is 1.40. The van der Waals surface area contributed by atoms with Crippen LogP contribution in [0.2, 0.25) is 0 Å². The van der Waals surface area contributed by atoms with Gasteiger partial charge in [-0.25, -0.2) is 0 Å². The number of aromatic nitrogens is 2. The molecule has 3 nitrogen and oxygen atoms in total. The molecule has 0 aliphatic carbocycles. The monoisotopic (exact) mass is 218 g/mol. The predicted octanol–water partition coefficient (Wildman–Crippen LogP) is 1.60. The standard InChI is InChI=1S/C7H11BrN2O/c1-4(2)6-5(8)7(11)10(3)9-6/h4,9H,1-3H3. The third-order valence-corrected chi connectivity index (χ3v) is 2.36. The molecule has 1 heterocycles. The van der Waals surface area contributed by atoms with Gasteiger partial charge in [-0.15, -0.1) is 0 Å². The van der Waals surface area contributed by atoms with Crippen molar-refractivity contribution in [1.82, 2.24) is 9.78 Å². The molecule has 0 aliphatic heterocycles. The Labute approximate surface area is 73.5 Å². The average Bonchev–Trinajstić information content (AvgIpc) is 2.17. The van der Waals surface area contributed by atoms with Crippen LogP contribution < -0.4 is 5.56 Å². The topological polar surface area (TPSA) is 37.8 Å². The highest BCUT2D eigenvalue weighted by molar-refractivity contribution is 9.10. The summed E-state index contributed by atoms with van der Waals surface area (Å²) in [7, 11) is 1.71. The number of nitrogens with one attached hydrogen (secondary N) is 1. The minimum absolute atomic E-state index is 0.00583. The molecule has 0 bridgehead atoms. The minimum atomic E-state index is -0.00583. The van der Waals surface area contributed by atoms with E-state index in [2.05, 4.69) is 21.0 Å². The fraction of sp³-hybridized carbons (Fsp3) is 0.571. The summed E-state index contributed by atoms with van der Waals surface area (Å²) in [6.07, 6.45) is 0. The molecule has 0 atom stereocenters. The highest BCUT2D eigenvalue weighted by atomic mass is 79.9. The third-order valence-electron chi connectivity index (χ3n) is 1.59. The molecule has 0 unspecified atom stereocenters. The van der Waals surface area contributed by atoms with E-state index < -0.39 is 0 Å². The van der Waals surface area contributed by atoms with Crippen molar-refractivity contribution in [3.05, 3.63) is 20.5 Å². The molecule has 1 rings (SSSR count). The summed E-state index contributed by atoms with van der Waals surface area (Å²) in [5.74, 6) is 0.346. The Morgan fingerprint density at radius 2 is 2.09 bits per heavy atom. The van der Waals surface area contributed by atoms with Gasteiger partial charge in [0.05, 0.1) is 5.69 Å². The van der Waals surface area contributed by atoms with Gasteiger partial charge >= 0.3 is 0 Å². The minimum Gasteiger partial charge on any atom is -0.299 e. The van der Waals surface area contributed by atoms with E-state index >= 15 is 0 Å². The zero-order valence-corrected chi connectivity index (χ0v) is 8.40. The second-order valence-electron chi connectivity index (χ2n) is 2.86. The van der Waals surface area contributed by atoms with Crippen LogP contribution in [-0.2, 0) is 7.05 Å². The lowest BCUT2D eigenvalue weighted by Gasteiger charge is -1.99. The molecule has 0 fully saturated rings. The zero-order valence-electron chi connectivity index (χ0n) is 6.81. The first-order chi connectivity index (χ1) is 5.04. The highest BCUT2D eigenvalue weighted by Gasteiger charge is 2.11. The summed E-state index contributed by atoms with van der Waals surface area (Å²) in [4.78, 5) is 11.2. The number of aromatic amines is 1. The predicted molar refractivity (Wildman–Crippen MR) is 47.8 cm³/mol. The van der Waals surface area contributed by atoms with Gasteiger partial charge in [0.1, 0.15) is 4.47 Å². The maximum atomic E-state index is 11.2. The Bertz CT molecular complexity index is 311. The van der Waals surface area contributed by atoms with Gasteiger partial charge in [-0.3, -0.25) is 14.6 Å². The molecule has 11 heavy (non-hydrogen) atoms. The van der Waals surface area contributed by atoms with Crippen LogP contribution in [0.15, 0.2) is 9.27 Å². The molecule has 1 N–H and O–H groups in total. The molecule has 62 valence electrons. The molecule has 0 aromatic carbocycles. The van der Waals surface area contributed by atoms with Crippen molar-refractivity contribution in [3.63, 3.8) is 0 Å². The van der Waals surface area contributed by atoms with Crippen LogP contribution in [0.5, 0.6) is 0 Å². The van der Waals surface area contributed by atoms with Crippen LogP contribution >= 0.6 is 15.9 Å². The number of hydrogen-bond donors (Lipinski definition) is 1. The Balaban J connectivity index is 3.30. The first kappa shape index (κ1) is 8.59. The number of aryl methyl sites for hydroxylation is 1. The molecular weight excluding hydrogens is 208 g/mol. The summed E-state index contributed by atoms with van der Waals surface area (Å²) < 4.78 is 2.12. The lowest BCUT2D eigenvalue weighted by molar-refractivity contribution is 0.697. The number of nitrogens with zero attached hydrogens (tertiary/aromatic N) is 1. The van der Waals surface area contributed by atoms with E-state index in [9.17, 15) is 4.79 Å². The molecule has 0 spiro atoms. The van der Waals surface area contributed by atoms with Crippen LogP contribution in [0.3, 0.4) is 0 Å². The van der Waals surface area contributed by atoms with Gasteiger partial charge in [0.2, 0.25) is 0 Å². The van der Waals surface area contributed by atoms with Crippen LogP contribution in [0.4, 0.5) is 0 Å². The summed E-state index contributed by atoms with van der Waals surface area (Å²) in [6.45, 7) is 4.08. The van der Waals surface area contributed by atoms with Crippen LogP contribution in [0, 0.1) is 0 Å². The largest absolute Gasteiger partial charge is 0.299 e. The van der Waals surface area contributed by atoms with Crippen molar-refractivity contribution in [3.8, 4) is 0 Å². The van der Waals surface area contributed by atoms with Gasteiger partial charge < -0.3 is 0 Å². The first-order valence-corrected chi connectivity index (χ1v) is 4.27. The van der Waals surface area contributed by atoms with E-state index in [1.165, 1.54) is 4.68 Å². The Morgan fingerprint density at radius 3 is 2.27 bits per heavy atom. The highest BCUT2D eigenvalue weighted by Crippen LogP contribution is 2.18. The van der Waals surface area contributed by atoms with E-state index in [1.54, 1.807) is 7.05 Å². The quantitative estimate of drug-likeness (QED) is 0.765. The number of H-pyrrole nitrogens is 1. The van der Waals surface area contributed by atoms with Gasteiger partial charge in [0.15, 0.2) is 0 Å². The fourth-order valence-corrected chi connectivity index (χ4v) is 1.74. The smallest absolute Gasteiger partial charge is 0.280 e. The van der Waals surface area contributed by atoms with Crippen LogP contribution in [0.1, 0.15) is 25.5 Å². The molecule has 0 saturated heterocycles. The van der Waals surface area contributed by atoms with Crippen molar-refractivity contribution in [2.75, 3.05) is 0 Å². The summed E-state index contributed by atoms with van der Waals surface area (Å²) >= 11 is 3.24. The van der Waals surface area contributed by atoms with Crippen molar-refractivity contribution >= 4 is 15.9 Å². The van der Waals surface area contributed by atoms with Gasteiger partial charge in [-0.05, 0) is 21.8 Å². The van der Waals surface area contributed by atoms with Gasteiger partial charge in [0.25, 0.3) is 5.56 Å². The normalized spacial score (nSPS) is 11.0. The first-order valence-electron chi connectivity index (χ1n) is 3.48. The maximum Gasteiger partial charge on any atom is 0.280 e. The lowest BCUT2D eigenvalue weighted by atomic mass is 10.1. The molecule has 0 saturated carbocycles. The van der Waals surface area contributed by atoms with E-state index in [0.29, 0.717) is 10.4 Å². The SMILES string of the molecule is CC(C)c1[nH]n(C)c(=O)c1Br. The van der Waals surface area contributed by atoms with E-state index in [-0.39, 0.29) is 5.56 Å². The average molecular weight is 219 g/mol. The van der Waals surface area contributed by atoms with Gasteiger partial charge in [-0.2, -0.15) is 0 Å². The maximum absolute atomic E-state index is 11.2. The molecule has 1 aromatic rings. The molecule has 4 heteroatoms. The number of rotatable bonds is 1. The Morgan fingerprint density at radius 1 is 1.55 bits per heavy atom. The number of hydrogen-bond acceptors (Lipinski definition) is 1. The number of halogens is 1. The van der Waals surface area contributed by atoms with E-state index in [0.717, 1.165) is 5.69 Å². The summed E-state index contributed by atoms with van der Waals surface area (Å²) in [5, 5.41) is 2.97. The fourth-order valence-electron chi connectivity index (χ4n) is 0.926. The van der Waals surface area contributed by atoms with Gasteiger partial charge in [-0.1, -0.05) is 13.8 Å². The van der Waals surface area contributed by atoms with Crippen LogP contribution in [-0.4, -0.2) is 9.78 Å². The molecule has 0 amide bonds.